The maximum Gasteiger partial charge on any atom is 0.0635 e. The molecule has 1 aromatic rings. The van der Waals surface area contributed by atoms with E-state index in [1.54, 1.807) is 0 Å². The van der Waals surface area contributed by atoms with Crippen molar-refractivity contribution in [1.29, 1.82) is 0 Å². The van der Waals surface area contributed by atoms with E-state index >= 15 is 0 Å². The summed E-state index contributed by atoms with van der Waals surface area (Å²) in [6.07, 6.45) is 0. The Bertz CT molecular complexity index is 352. The van der Waals surface area contributed by atoms with E-state index in [1.807, 2.05) is 6.07 Å². The molecule has 1 rings (SSSR count). The molecular formula is C15H25NO. The number of hydrogen-bond donors (Lipinski definition) is 2. The van der Waals surface area contributed by atoms with E-state index in [1.165, 1.54) is 5.56 Å². The van der Waals surface area contributed by atoms with Crippen molar-refractivity contribution in [3.63, 3.8) is 0 Å². The molecule has 1 unspecified atom stereocenters. The molecule has 0 heterocycles. The van der Waals surface area contributed by atoms with Gasteiger partial charge >= 0.3 is 0 Å². The smallest absolute Gasteiger partial charge is 0.0635 e. The Hall–Kier alpha value is -1.02. The third-order valence-corrected chi connectivity index (χ3v) is 3.08. The number of hydrogen-bond acceptors (Lipinski definition) is 2. The van der Waals surface area contributed by atoms with Crippen LogP contribution < -0.4 is 5.32 Å². The van der Waals surface area contributed by atoms with Crippen molar-refractivity contribution in [2.75, 3.05) is 11.9 Å². The van der Waals surface area contributed by atoms with E-state index < -0.39 is 0 Å². The van der Waals surface area contributed by atoms with Crippen LogP contribution in [0, 0.1) is 5.92 Å². The minimum absolute atomic E-state index is 0.110. The summed E-state index contributed by atoms with van der Waals surface area (Å²) in [7, 11) is 0. The molecule has 1 atom stereocenters. The third kappa shape index (κ3) is 3.74. The van der Waals surface area contributed by atoms with Gasteiger partial charge in [-0.25, -0.2) is 0 Å². The molecule has 2 heteroatoms. The van der Waals surface area contributed by atoms with Crippen LogP contribution in [0.3, 0.4) is 0 Å². The standard InChI is InChI=1S/C15H25NO/c1-11(2)14(10-17)16-13-9-7-6-8-12(13)15(3,4)5/h6-9,11,14,16-17H,10H2,1-5H3. The summed E-state index contributed by atoms with van der Waals surface area (Å²) in [5.41, 5.74) is 2.53. The van der Waals surface area contributed by atoms with Gasteiger partial charge in [0.05, 0.1) is 12.6 Å². The zero-order valence-corrected chi connectivity index (χ0v) is 11.6. The Balaban J connectivity index is 2.98. The molecule has 0 aromatic heterocycles. The summed E-state index contributed by atoms with van der Waals surface area (Å²) in [6.45, 7) is 11.0. The summed E-state index contributed by atoms with van der Waals surface area (Å²) in [5, 5.41) is 12.8. The predicted molar refractivity (Wildman–Crippen MR) is 74.5 cm³/mol. The Morgan fingerprint density at radius 2 is 1.76 bits per heavy atom. The quantitative estimate of drug-likeness (QED) is 0.838. The highest BCUT2D eigenvalue weighted by Crippen LogP contribution is 2.30. The molecule has 0 saturated heterocycles. The van der Waals surface area contributed by atoms with E-state index in [0.717, 1.165) is 5.69 Å². The van der Waals surface area contributed by atoms with Crippen LogP contribution in [0.4, 0.5) is 5.69 Å². The maximum atomic E-state index is 9.39. The van der Waals surface area contributed by atoms with Crippen molar-refractivity contribution in [3.8, 4) is 0 Å². The van der Waals surface area contributed by atoms with Crippen LogP contribution >= 0.6 is 0 Å². The van der Waals surface area contributed by atoms with Crippen LogP contribution in [-0.2, 0) is 5.41 Å². The van der Waals surface area contributed by atoms with Crippen molar-refractivity contribution in [2.45, 2.75) is 46.1 Å². The molecule has 0 fully saturated rings. The topological polar surface area (TPSA) is 32.3 Å². The van der Waals surface area contributed by atoms with Crippen LogP contribution in [0.1, 0.15) is 40.2 Å². The first-order valence-electron chi connectivity index (χ1n) is 6.33. The van der Waals surface area contributed by atoms with E-state index in [0.29, 0.717) is 5.92 Å². The Morgan fingerprint density at radius 1 is 1.18 bits per heavy atom. The molecule has 1 aromatic carbocycles. The van der Waals surface area contributed by atoms with Crippen LogP contribution in [0.15, 0.2) is 24.3 Å². The van der Waals surface area contributed by atoms with E-state index in [-0.39, 0.29) is 18.1 Å². The molecule has 96 valence electrons. The molecule has 0 bridgehead atoms. The van der Waals surface area contributed by atoms with Gasteiger partial charge < -0.3 is 10.4 Å². The van der Waals surface area contributed by atoms with Crippen molar-refractivity contribution in [3.05, 3.63) is 29.8 Å². The Morgan fingerprint density at radius 3 is 2.24 bits per heavy atom. The minimum atomic E-state index is 0.110. The summed E-state index contributed by atoms with van der Waals surface area (Å²) in [6, 6.07) is 8.45. The lowest BCUT2D eigenvalue weighted by molar-refractivity contribution is 0.249. The molecule has 0 saturated carbocycles. The first kappa shape index (κ1) is 14.0. The average molecular weight is 235 g/mol. The van der Waals surface area contributed by atoms with Crippen molar-refractivity contribution < 1.29 is 5.11 Å². The maximum absolute atomic E-state index is 9.39. The lowest BCUT2D eigenvalue weighted by atomic mass is 9.85. The molecule has 0 spiro atoms. The molecule has 0 radical (unpaired) electrons. The van der Waals surface area contributed by atoms with Crippen molar-refractivity contribution in [1.82, 2.24) is 0 Å². The van der Waals surface area contributed by atoms with Gasteiger partial charge in [-0.1, -0.05) is 52.8 Å². The van der Waals surface area contributed by atoms with Gasteiger partial charge in [0.25, 0.3) is 0 Å². The number of aliphatic hydroxyl groups is 1. The lowest BCUT2D eigenvalue weighted by Gasteiger charge is -2.27. The molecule has 0 aliphatic rings. The predicted octanol–water partition coefficient (Wildman–Crippen LogP) is 3.41. The minimum Gasteiger partial charge on any atom is -0.394 e. The van der Waals surface area contributed by atoms with Gasteiger partial charge in [-0.3, -0.25) is 0 Å². The Labute approximate surface area is 105 Å². The van der Waals surface area contributed by atoms with Gasteiger partial charge in [0.1, 0.15) is 0 Å². The monoisotopic (exact) mass is 235 g/mol. The van der Waals surface area contributed by atoms with Crippen LogP contribution in [0.5, 0.6) is 0 Å². The van der Waals surface area contributed by atoms with Crippen molar-refractivity contribution >= 4 is 5.69 Å². The fraction of sp³-hybridized carbons (Fsp3) is 0.600. The number of nitrogens with one attached hydrogen (secondary N) is 1. The molecule has 17 heavy (non-hydrogen) atoms. The van der Waals surface area contributed by atoms with Crippen LogP contribution in [-0.4, -0.2) is 17.8 Å². The number of anilines is 1. The average Bonchev–Trinajstić information content (AvgIpc) is 2.24. The molecule has 2 nitrogen and oxygen atoms in total. The highest BCUT2D eigenvalue weighted by Gasteiger charge is 2.20. The summed E-state index contributed by atoms with van der Waals surface area (Å²) in [5.74, 6) is 0.410. The summed E-state index contributed by atoms with van der Waals surface area (Å²) < 4.78 is 0. The highest BCUT2D eigenvalue weighted by molar-refractivity contribution is 5.54. The highest BCUT2D eigenvalue weighted by atomic mass is 16.3. The molecular weight excluding hydrogens is 210 g/mol. The second-order valence-corrected chi connectivity index (χ2v) is 5.97. The molecule has 0 aliphatic heterocycles. The number of para-hydroxylation sites is 1. The molecule has 0 amide bonds. The fourth-order valence-electron chi connectivity index (χ4n) is 1.89. The number of rotatable bonds is 4. The number of aliphatic hydroxyl groups excluding tert-OH is 1. The zero-order valence-electron chi connectivity index (χ0n) is 11.6. The van der Waals surface area contributed by atoms with Gasteiger partial charge in [-0.2, -0.15) is 0 Å². The molecule has 0 aliphatic carbocycles. The molecule has 2 N–H and O–H groups in total. The SMILES string of the molecule is CC(C)C(CO)Nc1ccccc1C(C)(C)C. The lowest BCUT2D eigenvalue weighted by Crippen LogP contribution is -2.30. The van der Waals surface area contributed by atoms with Crippen LogP contribution in [0.2, 0.25) is 0 Å². The second kappa shape index (κ2) is 5.54. The first-order chi connectivity index (χ1) is 7.86. The van der Waals surface area contributed by atoms with E-state index in [2.05, 4.69) is 58.1 Å². The third-order valence-electron chi connectivity index (χ3n) is 3.08. The Kier molecular flexibility index (Phi) is 4.58. The van der Waals surface area contributed by atoms with Gasteiger partial charge in [0, 0.05) is 5.69 Å². The largest absolute Gasteiger partial charge is 0.394 e. The first-order valence-corrected chi connectivity index (χ1v) is 6.33. The number of benzene rings is 1. The normalized spacial score (nSPS) is 13.8. The van der Waals surface area contributed by atoms with Crippen LogP contribution in [0.25, 0.3) is 0 Å². The summed E-state index contributed by atoms with van der Waals surface area (Å²) >= 11 is 0. The van der Waals surface area contributed by atoms with E-state index in [4.69, 9.17) is 0 Å². The summed E-state index contributed by atoms with van der Waals surface area (Å²) in [4.78, 5) is 0. The zero-order chi connectivity index (χ0) is 13.1. The van der Waals surface area contributed by atoms with Crippen molar-refractivity contribution in [2.24, 2.45) is 5.92 Å². The van der Waals surface area contributed by atoms with Gasteiger partial charge in [-0.15, -0.1) is 0 Å². The van der Waals surface area contributed by atoms with Gasteiger partial charge in [0.2, 0.25) is 0 Å². The van der Waals surface area contributed by atoms with Gasteiger partial charge in [-0.05, 0) is 23.0 Å². The van der Waals surface area contributed by atoms with E-state index in [9.17, 15) is 5.11 Å². The van der Waals surface area contributed by atoms with Gasteiger partial charge in [0.15, 0.2) is 0 Å². The fourth-order valence-corrected chi connectivity index (χ4v) is 1.89. The second-order valence-electron chi connectivity index (χ2n) is 5.97.